The van der Waals surface area contributed by atoms with E-state index in [0.717, 1.165) is 5.56 Å². The smallest absolute Gasteiger partial charge is 0.203 e. The van der Waals surface area contributed by atoms with E-state index < -0.39 is 0 Å². The number of phenolic OH excluding ortho intramolecular Hbond substituents is 2. The topological polar surface area (TPSA) is 77.4 Å². The zero-order valence-electron chi connectivity index (χ0n) is 14.0. The fourth-order valence-electron chi connectivity index (χ4n) is 2.26. The molecule has 0 saturated carbocycles. The van der Waals surface area contributed by atoms with Gasteiger partial charge in [0, 0.05) is 5.56 Å². The van der Waals surface area contributed by atoms with E-state index in [1.54, 1.807) is 36.4 Å². The summed E-state index contributed by atoms with van der Waals surface area (Å²) in [6.45, 7) is 0. The summed E-state index contributed by atoms with van der Waals surface area (Å²) in [5.41, 5.74) is 1.22. The SMILES string of the molecule is COc1ccc(/C=C\c2cc(OC)c(OC)c(OC)c2)c(O)c1O. The first-order chi connectivity index (χ1) is 11.5. The Morgan fingerprint density at radius 3 is 1.79 bits per heavy atom. The fraction of sp³-hybridized carbons (Fsp3) is 0.222. The van der Waals surface area contributed by atoms with E-state index in [-0.39, 0.29) is 17.2 Å². The lowest BCUT2D eigenvalue weighted by Crippen LogP contribution is -1.95. The summed E-state index contributed by atoms with van der Waals surface area (Å²) >= 11 is 0. The molecule has 0 spiro atoms. The minimum absolute atomic E-state index is 0.206. The molecule has 2 N–H and O–H groups in total. The van der Waals surface area contributed by atoms with Crippen LogP contribution in [0.3, 0.4) is 0 Å². The molecule has 24 heavy (non-hydrogen) atoms. The maximum Gasteiger partial charge on any atom is 0.203 e. The Hall–Kier alpha value is -3.02. The number of rotatable bonds is 6. The van der Waals surface area contributed by atoms with Crippen molar-refractivity contribution in [3.05, 3.63) is 35.4 Å². The van der Waals surface area contributed by atoms with Crippen LogP contribution in [0.15, 0.2) is 24.3 Å². The Morgan fingerprint density at radius 2 is 1.29 bits per heavy atom. The van der Waals surface area contributed by atoms with Crippen LogP contribution in [0.25, 0.3) is 12.2 Å². The number of phenols is 2. The van der Waals surface area contributed by atoms with Gasteiger partial charge in [-0.05, 0) is 29.8 Å². The van der Waals surface area contributed by atoms with Gasteiger partial charge in [-0.15, -0.1) is 0 Å². The lowest BCUT2D eigenvalue weighted by molar-refractivity contribution is 0.324. The monoisotopic (exact) mass is 332 g/mol. The van der Waals surface area contributed by atoms with E-state index in [0.29, 0.717) is 22.8 Å². The predicted molar refractivity (Wildman–Crippen MR) is 91.3 cm³/mol. The number of hydrogen-bond donors (Lipinski definition) is 2. The highest BCUT2D eigenvalue weighted by Crippen LogP contribution is 2.40. The molecule has 0 saturated heterocycles. The van der Waals surface area contributed by atoms with Crippen molar-refractivity contribution in [3.8, 4) is 34.5 Å². The van der Waals surface area contributed by atoms with Crippen LogP contribution < -0.4 is 18.9 Å². The average Bonchev–Trinajstić information content (AvgIpc) is 2.61. The van der Waals surface area contributed by atoms with Gasteiger partial charge in [-0.3, -0.25) is 0 Å². The number of benzene rings is 2. The van der Waals surface area contributed by atoms with Crippen molar-refractivity contribution in [3.63, 3.8) is 0 Å². The predicted octanol–water partition coefficient (Wildman–Crippen LogP) is 3.30. The second-order valence-corrected chi connectivity index (χ2v) is 4.85. The molecule has 2 aromatic carbocycles. The maximum atomic E-state index is 10.0. The first kappa shape index (κ1) is 17.3. The van der Waals surface area contributed by atoms with Gasteiger partial charge < -0.3 is 29.2 Å². The molecule has 0 aromatic heterocycles. The van der Waals surface area contributed by atoms with Crippen LogP contribution in [-0.4, -0.2) is 38.7 Å². The Bertz CT molecular complexity index is 726. The standard InChI is InChI=1S/C18H20O6/c1-21-13-8-7-12(16(19)17(13)20)6-5-11-9-14(22-2)18(24-4)15(10-11)23-3/h5-10,19-20H,1-4H3/b6-5-. The van der Waals surface area contributed by atoms with E-state index in [9.17, 15) is 10.2 Å². The van der Waals surface area contributed by atoms with Crippen molar-refractivity contribution in [2.24, 2.45) is 0 Å². The van der Waals surface area contributed by atoms with Crippen LogP contribution in [0.2, 0.25) is 0 Å². The van der Waals surface area contributed by atoms with Gasteiger partial charge >= 0.3 is 0 Å². The van der Waals surface area contributed by atoms with Crippen molar-refractivity contribution in [2.75, 3.05) is 28.4 Å². The van der Waals surface area contributed by atoms with Gasteiger partial charge in [-0.1, -0.05) is 12.2 Å². The molecule has 0 fully saturated rings. The average molecular weight is 332 g/mol. The molecule has 0 heterocycles. The van der Waals surface area contributed by atoms with Crippen LogP contribution in [0, 0.1) is 0 Å². The van der Waals surface area contributed by atoms with Crippen LogP contribution in [0.4, 0.5) is 0 Å². The van der Waals surface area contributed by atoms with E-state index in [1.165, 1.54) is 28.4 Å². The molecule has 0 amide bonds. The highest BCUT2D eigenvalue weighted by molar-refractivity contribution is 5.76. The van der Waals surface area contributed by atoms with Crippen molar-refractivity contribution < 1.29 is 29.2 Å². The van der Waals surface area contributed by atoms with Crippen LogP contribution in [0.1, 0.15) is 11.1 Å². The summed E-state index contributed by atoms with van der Waals surface area (Å²) < 4.78 is 20.8. The molecule has 0 aliphatic heterocycles. The van der Waals surface area contributed by atoms with Gasteiger partial charge in [-0.2, -0.15) is 0 Å². The molecular formula is C18H20O6. The molecule has 128 valence electrons. The minimum atomic E-state index is -0.301. The summed E-state index contributed by atoms with van der Waals surface area (Å²) in [7, 11) is 6.03. The van der Waals surface area contributed by atoms with Gasteiger partial charge in [-0.25, -0.2) is 0 Å². The minimum Gasteiger partial charge on any atom is -0.504 e. The molecule has 2 aromatic rings. The third-order valence-corrected chi connectivity index (χ3v) is 3.51. The van der Waals surface area contributed by atoms with Crippen molar-refractivity contribution >= 4 is 12.2 Å². The molecule has 0 radical (unpaired) electrons. The molecule has 6 heteroatoms. The van der Waals surface area contributed by atoms with E-state index in [1.807, 2.05) is 0 Å². The Kier molecular flexibility index (Phi) is 5.42. The Balaban J connectivity index is 2.41. The third-order valence-electron chi connectivity index (χ3n) is 3.51. The lowest BCUT2D eigenvalue weighted by Gasteiger charge is -2.13. The van der Waals surface area contributed by atoms with Crippen molar-refractivity contribution in [1.82, 2.24) is 0 Å². The fourth-order valence-corrected chi connectivity index (χ4v) is 2.26. The molecule has 0 unspecified atom stereocenters. The number of methoxy groups -OCH3 is 4. The molecular weight excluding hydrogens is 312 g/mol. The van der Waals surface area contributed by atoms with Crippen LogP contribution in [-0.2, 0) is 0 Å². The molecule has 0 aliphatic carbocycles. The number of hydrogen-bond acceptors (Lipinski definition) is 6. The largest absolute Gasteiger partial charge is 0.504 e. The van der Waals surface area contributed by atoms with Crippen LogP contribution in [0.5, 0.6) is 34.5 Å². The molecule has 6 nitrogen and oxygen atoms in total. The van der Waals surface area contributed by atoms with Gasteiger partial charge in [0.05, 0.1) is 28.4 Å². The summed E-state index contributed by atoms with van der Waals surface area (Å²) in [6.07, 6.45) is 3.42. The maximum absolute atomic E-state index is 10.0. The zero-order chi connectivity index (χ0) is 17.7. The van der Waals surface area contributed by atoms with Gasteiger partial charge in [0.2, 0.25) is 11.5 Å². The van der Waals surface area contributed by atoms with Crippen molar-refractivity contribution in [2.45, 2.75) is 0 Å². The van der Waals surface area contributed by atoms with Crippen LogP contribution >= 0.6 is 0 Å². The van der Waals surface area contributed by atoms with Gasteiger partial charge in [0.1, 0.15) is 0 Å². The number of aromatic hydroxyl groups is 2. The molecule has 0 atom stereocenters. The van der Waals surface area contributed by atoms with E-state index in [2.05, 4.69) is 0 Å². The quantitative estimate of drug-likeness (QED) is 0.624. The highest BCUT2D eigenvalue weighted by atomic mass is 16.5. The highest BCUT2D eigenvalue weighted by Gasteiger charge is 2.13. The summed E-state index contributed by atoms with van der Waals surface area (Å²) in [6, 6.07) is 6.77. The Labute approximate surface area is 140 Å². The van der Waals surface area contributed by atoms with Crippen molar-refractivity contribution in [1.29, 1.82) is 0 Å². The summed E-state index contributed by atoms with van der Waals surface area (Å²) in [5.74, 6) is 1.21. The second-order valence-electron chi connectivity index (χ2n) is 4.85. The lowest BCUT2D eigenvalue weighted by atomic mass is 10.1. The molecule has 0 aliphatic rings. The Morgan fingerprint density at radius 1 is 0.708 bits per heavy atom. The van der Waals surface area contributed by atoms with Gasteiger partial charge in [0.25, 0.3) is 0 Å². The number of ether oxygens (including phenoxy) is 4. The van der Waals surface area contributed by atoms with Gasteiger partial charge in [0.15, 0.2) is 23.0 Å². The molecule has 2 rings (SSSR count). The summed E-state index contributed by atoms with van der Waals surface area (Å²) in [4.78, 5) is 0. The zero-order valence-corrected chi connectivity index (χ0v) is 14.0. The first-order valence-corrected chi connectivity index (χ1v) is 7.12. The molecule has 0 bridgehead atoms. The summed E-state index contributed by atoms with van der Waals surface area (Å²) in [5, 5.41) is 19.9. The third kappa shape index (κ3) is 3.32. The van der Waals surface area contributed by atoms with E-state index in [4.69, 9.17) is 18.9 Å². The first-order valence-electron chi connectivity index (χ1n) is 7.12. The normalized spacial score (nSPS) is 10.7. The second kappa shape index (κ2) is 7.50. The van der Waals surface area contributed by atoms with E-state index >= 15 is 0 Å².